The third kappa shape index (κ3) is 6.92. The first kappa shape index (κ1) is 19.1. The molecule has 0 aromatic carbocycles. The molecule has 0 aliphatic carbocycles. The molecule has 6 nitrogen and oxygen atoms in total. The van der Waals surface area contributed by atoms with E-state index in [-0.39, 0.29) is 19.4 Å². The van der Waals surface area contributed by atoms with Gasteiger partial charge >= 0.3 is 0 Å². The standard InChI is InChI=1S/C13H20F2N2O4/c1-8(18)10(14)12(20)16-7-5-4-6-9(19)11(15)13(21)17(2)3/h10-11H,4-7H2,1-3H3,(H,16,20). The van der Waals surface area contributed by atoms with Gasteiger partial charge < -0.3 is 10.2 Å². The molecule has 2 unspecified atom stereocenters. The molecule has 0 saturated carbocycles. The lowest BCUT2D eigenvalue weighted by Crippen LogP contribution is -2.37. The average molecular weight is 306 g/mol. The monoisotopic (exact) mass is 306 g/mol. The van der Waals surface area contributed by atoms with Crippen molar-refractivity contribution in [2.24, 2.45) is 0 Å². The second-order valence-corrected chi connectivity index (χ2v) is 4.78. The van der Waals surface area contributed by atoms with E-state index < -0.39 is 35.7 Å². The number of nitrogens with zero attached hydrogens (tertiary/aromatic N) is 1. The number of rotatable bonds is 9. The molecule has 0 aliphatic rings. The minimum Gasteiger partial charge on any atom is -0.353 e. The molecule has 0 aromatic rings. The lowest BCUT2D eigenvalue weighted by molar-refractivity contribution is -0.141. The Balaban J connectivity index is 3.91. The number of carbonyl (C=O) groups is 4. The molecule has 0 rings (SSSR count). The van der Waals surface area contributed by atoms with Gasteiger partial charge in [0.25, 0.3) is 11.8 Å². The third-order valence-electron chi connectivity index (χ3n) is 2.68. The van der Waals surface area contributed by atoms with Crippen LogP contribution >= 0.6 is 0 Å². The van der Waals surface area contributed by atoms with Crippen molar-refractivity contribution in [3.8, 4) is 0 Å². The number of Topliss-reactive ketones (excluding diaryl/α,β-unsaturated/α-hetero) is 2. The third-order valence-corrected chi connectivity index (χ3v) is 2.68. The summed E-state index contributed by atoms with van der Waals surface area (Å²) in [6.07, 6.45) is -3.97. The zero-order valence-electron chi connectivity index (χ0n) is 12.3. The first-order chi connectivity index (χ1) is 9.68. The Morgan fingerprint density at radius 1 is 1.05 bits per heavy atom. The number of ketones is 2. The zero-order valence-corrected chi connectivity index (χ0v) is 12.3. The van der Waals surface area contributed by atoms with E-state index in [1.807, 2.05) is 0 Å². The number of hydrogen-bond donors (Lipinski definition) is 1. The maximum absolute atomic E-state index is 13.4. The van der Waals surface area contributed by atoms with Crippen molar-refractivity contribution in [2.45, 2.75) is 38.5 Å². The number of halogens is 2. The maximum Gasteiger partial charge on any atom is 0.264 e. The van der Waals surface area contributed by atoms with Crippen molar-refractivity contribution in [1.29, 1.82) is 0 Å². The van der Waals surface area contributed by atoms with Crippen molar-refractivity contribution in [1.82, 2.24) is 10.2 Å². The topological polar surface area (TPSA) is 83.5 Å². The Labute approximate surface area is 121 Å². The van der Waals surface area contributed by atoms with E-state index in [1.165, 1.54) is 14.1 Å². The Morgan fingerprint density at radius 2 is 1.62 bits per heavy atom. The van der Waals surface area contributed by atoms with E-state index in [4.69, 9.17) is 0 Å². The van der Waals surface area contributed by atoms with Gasteiger partial charge in [0, 0.05) is 27.1 Å². The van der Waals surface area contributed by atoms with Crippen molar-refractivity contribution >= 4 is 23.4 Å². The fraction of sp³-hybridized carbons (Fsp3) is 0.692. The molecular formula is C13H20F2N2O4. The van der Waals surface area contributed by atoms with E-state index in [9.17, 15) is 28.0 Å². The van der Waals surface area contributed by atoms with Crippen LogP contribution in [0.5, 0.6) is 0 Å². The number of alkyl halides is 2. The van der Waals surface area contributed by atoms with E-state index in [0.29, 0.717) is 6.42 Å². The first-order valence-electron chi connectivity index (χ1n) is 6.48. The highest BCUT2D eigenvalue weighted by Crippen LogP contribution is 2.05. The summed E-state index contributed by atoms with van der Waals surface area (Å²) in [6.45, 7) is 1.03. The fourth-order valence-corrected chi connectivity index (χ4v) is 1.40. The molecule has 0 heterocycles. The molecule has 0 bridgehead atoms. The first-order valence-corrected chi connectivity index (χ1v) is 6.48. The number of hydrogen-bond acceptors (Lipinski definition) is 4. The molecule has 8 heteroatoms. The quantitative estimate of drug-likeness (QED) is 0.487. The number of unbranched alkanes of at least 4 members (excludes halogenated alkanes) is 1. The largest absolute Gasteiger partial charge is 0.353 e. The Hall–Kier alpha value is -1.86. The van der Waals surface area contributed by atoms with E-state index in [1.54, 1.807) is 0 Å². The Kier molecular flexibility index (Phi) is 8.34. The van der Waals surface area contributed by atoms with E-state index in [0.717, 1.165) is 11.8 Å². The molecule has 2 atom stereocenters. The summed E-state index contributed by atoms with van der Waals surface area (Å²) in [7, 11) is 2.69. The SMILES string of the molecule is CC(=O)C(F)C(=O)NCCCCC(=O)C(F)C(=O)N(C)C. The van der Waals surface area contributed by atoms with Crippen molar-refractivity contribution in [3.63, 3.8) is 0 Å². The molecule has 0 saturated heterocycles. The van der Waals surface area contributed by atoms with Crippen LogP contribution in [0.2, 0.25) is 0 Å². The van der Waals surface area contributed by atoms with Gasteiger partial charge in [0.2, 0.25) is 12.3 Å². The zero-order chi connectivity index (χ0) is 16.6. The predicted molar refractivity (Wildman–Crippen MR) is 71.0 cm³/mol. The highest BCUT2D eigenvalue weighted by molar-refractivity contribution is 6.04. The maximum atomic E-state index is 13.4. The minimum absolute atomic E-state index is 0.0678. The van der Waals surface area contributed by atoms with Gasteiger partial charge in [0.1, 0.15) is 0 Å². The van der Waals surface area contributed by atoms with Gasteiger partial charge in [0.05, 0.1) is 0 Å². The predicted octanol–water partition coefficient (Wildman–Crippen LogP) is 0.195. The molecule has 0 spiro atoms. The Bertz CT molecular complexity index is 413. The lowest BCUT2D eigenvalue weighted by atomic mass is 10.1. The van der Waals surface area contributed by atoms with Gasteiger partial charge in [-0.3, -0.25) is 19.2 Å². The molecule has 0 aromatic heterocycles. The molecule has 0 aliphatic heterocycles. The van der Waals surface area contributed by atoms with Gasteiger partial charge in [-0.2, -0.15) is 0 Å². The highest BCUT2D eigenvalue weighted by atomic mass is 19.1. The second kappa shape index (κ2) is 9.15. The van der Waals surface area contributed by atoms with Crippen LogP contribution in [0.3, 0.4) is 0 Å². The molecule has 1 N–H and O–H groups in total. The molecule has 21 heavy (non-hydrogen) atoms. The van der Waals surface area contributed by atoms with Crippen molar-refractivity contribution in [2.75, 3.05) is 20.6 Å². The molecule has 2 amide bonds. The van der Waals surface area contributed by atoms with E-state index >= 15 is 0 Å². The van der Waals surface area contributed by atoms with Crippen LogP contribution in [-0.2, 0) is 19.2 Å². The van der Waals surface area contributed by atoms with Crippen LogP contribution < -0.4 is 5.32 Å². The van der Waals surface area contributed by atoms with Gasteiger partial charge in [-0.05, 0) is 19.8 Å². The number of carbonyl (C=O) groups excluding carboxylic acids is 4. The van der Waals surface area contributed by atoms with E-state index in [2.05, 4.69) is 5.32 Å². The van der Waals surface area contributed by atoms with Gasteiger partial charge in [-0.25, -0.2) is 8.78 Å². The van der Waals surface area contributed by atoms with Crippen LogP contribution in [0.15, 0.2) is 0 Å². The summed E-state index contributed by atoms with van der Waals surface area (Å²) in [5.41, 5.74) is 0. The number of nitrogens with one attached hydrogen (secondary N) is 1. The summed E-state index contributed by atoms with van der Waals surface area (Å²) in [5, 5.41) is 2.19. The van der Waals surface area contributed by atoms with Gasteiger partial charge in [-0.15, -0.1) is 0 Å². The van der Waals surface area contributed by atoms with Crippen LogP contribution in [0, 0.1) is 0 Å². The molecule has 0 fully saturated rings. The van der Waals surface area contributed by atoms with Gasteiger partial charge in [-0.1, -0.05) is 0 Å². The normalized spacial score (nSPS) is 13.2. The van der Waals surface area contributed by atoms with Crippen molar-refractivity contribution in [3.05, 3.63) is 0 Å². The number of amides is 2. The van der Waals surface area contributed by atoms with Crippen LogP contribution in [0.4, 0.5) is 8.78 Å². The van der Waals surface area contributed by atoms with Crippen LogP contribution in [0.1, 0.15) is 26.2 Å². The second-order valence-electron chi connectivity index (χ2n) is 4.78. The van der Waals surface area contributed by atoms with Crippen LogP contribution in [-0.4, -0.2) is 61.3 Å². The summed E-state index contributed by atoms with van der Waals surface area (Å²) in [4.78, 5) is 45.2. The summed E-state index contributed by atoms with van der Waals surface area (Å²) in [5.74, 6) is -3.65. The summed E-state index contributed by atoms with van der Waals surface area (Å²) in [6, 6.07) is 0. The average Bonchev–Trinajstić information content (AvgIpc) is 2.43. The minimum atomic E-state index is -2.19. The van der Waals surface area contributed by atoms with Crippen molar-refractivity contribution < 1.29 is 28.0 Å². The highest BCUT2D eigenvalue weighted by Gasteiger charge is 2.26. The Morgan fingerprint density at radius 3 is 2.10 bits per heavy atom. The van der Waals surface area contributed by atoms with Crippen LogP contribution in [0.25, 0.3) is 0 Å². The molecule has 120 valence electrons. The molecular weight excluding hydrogens is 286 g/mol. The molecule has 0 radical (unpaired) electrons. The summed E-state index contributed by atoms with van der Waals surface area (Å²) < 4.78 is 26.3. The smallest absolute Gasteiger partial charge is 0.264 e. The summed E-state index contributed by atoms with van der Waals surface area (Å²) >= 11 is 0. The lowest BCUT2D eigenvalue weighted by Gasteiger charge is -2.13. The van der Waals surface area contributed by atoms with Gasteiger partial charge in [0.15, 0.2) is 11.6 Å². The fourth-order valence-electron chi connectivity index (χ4n) is 1.40.